The molecular formula is C23H26N2O3. The van der Waals surface area contributed by atoms with E-state index in [0.717, 1.165) is 28.2 Å². The summed E-state index contributed by atoms with van der Waals surface area (Å²) in [7, 11) is 1.84. The highest BCUT2D eigenvalue weighted by Gasteiger charge is 2.29. The van der Waals surface area contributed by atoms with Gasteiger partial charge in [0.2, 0.25) is 0 Å². The first kappa shape index (κ1) is 19.7. The average Bonchev–Trinajstić information content (AvgIpc) is 3.57. The summed E-state index contributed by atoms with van der Waals surface area (Å²) >= 11 is 0. The lowest BCUT2D eigenvalue weighted by Gasteiger charge is -2.12. The molecule has 0 aliphatic heterocycles. The van der Waals surface area contributed by atoms with E-state index in [9.17, 15) is 4.79 Å². The van der Waals surface area contributed by atoms with Crippen molar-refractivity contribution in [3.05, 3.63) is 71.8 Å². The molecule has 3 rings (SSSR count). The molecule has 5 nitrogen and oxygen atoms in total. The van der Waals surface area contributed by atoms with E-state index in [2.05, 4.69) is 16.9 Å². The van der Waals surface area contributed by atoms with E-state index in [1.807, 2.05) is 61.7 Å². The molecule has 0 aromatic heterocycles. The summed E-state index contributed by atoms with van der Waals surface area (Å²) in [6, 6.07) is 15.5. The van der Waals surface area contributed by atoms with Gasteiger partial charge in [-0.1, -0.05) is 43.0 Å². The van der Waals surface area contributed by atoms with Crippen molar-refractivity contribution in [1.29, 1.82) is 0 Å². The zero-order valence-corrected chi connectivity index (χ0v) is 16.2. The smallest absolute Gasteiger partial charge is 0.407 e. The molecular weight excluding hydrogens is 352 g/mol. The second-order valence-electron chi connectivity index (χ2n) is 6.67. The molecule has 2 aromatic carbocycles. The van der Waals surface area contributed by atoms with E-state index in [4.69, 9.17) is 9.47 Å². The number of rotatable bonds is 9. The van der Waals surface area contributed by atoms with Crippen molar-refractivity contribution in [3.63, 3.8) is 0 Å². The Morgan fingerprint density at radius 2 is 2.04 bits per heavy atom. The molecule has 0 heterocycles. The number of ether oxygens (including phenoxy) is 2. The third-order valence-electron chi connectivity index (χ3n) is 4.58. The Kier molecular flexibility index (Phi) is 6.84. The molecule has 0 radical (unpaired) electrons. The monoisotopic (exact) mass is 378 g/mol. The van der Waals surface area contributed by atoms with E-state index in [1.165, 1.54) is 12.8 Å². The number of benzene rings is 2. The largest absolute Gasteiger partial charge is 0.492 e. The predicted molar refractivity (Wildman–Crippen MR) is 112 cm³/mol. The Bertz CT molecular complexity index is 842. The third kappa shape index (κ3) is 5.46. The summed E-state index contributed by atoms with van der Waals surface area (Å²) < 4.78 is 10.9. The van der Waals surface area contributed by atoms with Crippen LogP contribution in [-0.4, -0.2) is 32.0 Å². The molecule has 1 aliphatic carbocycles. The maximum Gasteiger partial charge on any atom is 0.407 e. The van der Waals surface area contributed by atoms with Gasteiger partial charge in [0.25, 0.3) is 0 Å². The van der Waals surface area contributed by atoms with Gasteiger partial charge in [0.1, 0.15) is 19.0 Å². The summed E-state index contributed by atoms with van der Waals surface area (Å²) in [6.07, 6.45) is 3.78. The fourth-order valence-corrected chi connectivity index (χ4v) is 3.01. The minimum Gasteiger partial charge on any atom is -0.492 e. The molecule has 2 aromatic rings. The topological polar surface area (TPSA) is 59.9 Å². The molecule has 0 atom stereocenters. The number of nitrogens with zero attached hydrogens (tertiary/aromatic N) is 1. The van der Waals surface area contributed by atoms with Crippen LogP contribution in [0.15, 0.2) is 60.1 Å². The van der Waals surface area contributed by atoms with E-state index in [1.54, 1.807) is 0 Å². The van der Waals surface area contributed by atoms with Crippen LogP contribution in [0.3, 0.4) is 0 Å². The summed E-state index contributed by atoms with van der Waals surface area (Å²) in [5.41, 5.74) is 4.23. The van der Waals surface area contributed by atoms with Crippen LogP contribution < -0.4 is 10.1 Å². The quantitative estimate of drug-likeness (QED) is 0.517. The summed E-state index contributed by atoms with van der Waals surface area (Å²) in [4.78, 5) is 16.2. The molecule has 5 heteroatoms. The zero-order valence-electron chi connectivity index (χ0n) is 16.2. The van der Waals surface area contributed by atoms with E-state index >= 15 is 0 Å². The van der Waals surface area contributed by atoms with Crippen LogP contribution in [0.4, 0.5) is 4.79 Å². The average molecular weight is 378 g/mol. The molecule has 28 heavy (non-hydrogen) atoms. The lowest BCUT2D eigenvalue weighted by Crippen LogP contribution is -2.28. The van der Waals surface area contributed by atoms with Crippen molar-refractivity contribution in [1.82, 2.24) is 5.32 Å². The number of hydrogen-bond acceptors (Lipinski definition) is 4. The van der Waals surface area contributed by atoms with Gasteiger partial charge >= 0.3 is 6.09 Å². The van der Waals surface area contributed by atoms with Gasteiger partial charge in [-0.2, -0.15) is 0 Å². The fourth-order valence-electron chi connectivity index (χ4n) is 3.01. The molecule has 0 bridgehead atoms. The number of amides is 1. The van der Waals surface area contributed by atoms with Crippen LogP contribution in [0.25, 0.3) is 6.08 Å². The Morgan fingerprint density at radius 3 is 2.71 bits per heavy atom. The van der Waals surface area contributed by atoms with E-state index in [-0.39, 0.29) is 6.61 Å². The molecule has 0 saturated heterocycles. The predicted octanol–water partition coefficient (Wildman–Crippen LogP) is 4.46. The molecule has 146 valence electrons. The van der Waals surface area contributed by atoms with Crippen molar-refractivity contribution in [2.75, 3.05) is 20.2 Å². The Labute approximate surface area is 166 Å². The Hall–Kier alpha value is -3.08. The Balaban J connectivity index is 1.44. The first-order chi connectivity index (χ1) is 13.7. The molecule has 1 aliphatic rings. The third-order valence-corrected chi connectivity index (χ3v) is 4.58. The van der Waals surface area contributed by atoms with Crippen molar-refractivity contribution in [3.8, 4) is 5.75 Å². The van der Waals surface area contributed by atoms with Crippen LogP contribution >= 0.6 is 0 Å². The SMILES string of the molecule is C=Cc1cc(OCCNC(=O)OCc2ccccc2)ccc1/C(=N\C)C1CC1. The van der Waals surface area contributed by atoms with E-state index in [0.29, 0.717) is 19.1 Å². The number of carbonyl (C=O) groups excluding carboxylic acids is 1. The van der Waals surface area contributed by atoms with Gasteiger partial charge in [-0.25, -0.2) is 4.79 Å². The lowest BCUT2D eigenvalue weighted by molar-refractivity contribution is 0.137. The second kappa shape index (κ2) is 9.74. The van der Waals surface area contributed by atoms with Crippen molar-refractivity contribution in [2.45, 2.75) is 19.4 Å². The van der Waals surface area contributed by atoms with Crippen LogP contribution in [-0.2, 0) is 11.3 Å². The summed E-state index contributed by atoms with van der Waals surface area (Å²) in [6.45, 7) is 4.88. The minimum atomic E-state index is -0.456. The van der Waals surface area contributed by atoms with Crippen molar-refractivity contribution in [2.24, 2.45) is 10.9 Å². The molecule has 1 amide bonds. The highest BCUT2D eigenvalue weighted by atomic mass is 16.5. The molecule has 0 spiro atoms. The molecule has 1 fully saturated rings. The van der Waals surface area contributed by atoms with Crippen LogP contribution in [0.5, 0.6) is 5.75 Å². The van der Waals surface area contributed by atoms with Crippen molar-refractivity contribution >= 4 is 17.9 Å². The standard InChI is InChI=1S/C23H26N2O3/c1-3-18-15-20(11-12-21(18)22(24-2)19-9-10-19)27-14-13-25-23(26)28-16-17-7-5-4-6-8-17/h3-8,11-12,15,19H,1,9-10,13-14,16H2,2H3,(H,25,26)/b24-22-. The number of nitrogens with one attached hydrogen (secondary N) is 1. The van der Waals surface area contributed by atoms with Gasteiger partial charge in [-0.3, -0.25) is 4.99 Å². The fraction of sp³-hybridized carbons (Fsp3) is 0.304. The normalized spacial score (nSPS) is 13.7. The first-order valence-electron chi connectivity index (χ1n) is 9.52. The molecule has 1 saturated carbocycles. The van der Waals surface area contributed by atoms with Gasteiger partial charge in [0, 0.05) is 24.2 Å². The van der Waals surface area contributed by atoms with Crippen LogP contribution in [0.1, 0.15) is 29.5 Å². The van der Waals surface area contributed by atoms with Crippen molar-refractivity contribution < 1.29 is 14.3 Å². The summed E-state index contributed by atoms with van der Waals surface area (Å²) in [5.74, 6) is 1.31. The van der Waals surface area contributed by atoms with Gasteiger partial charge in [0.15, 0.2) is 0 Å². The number of aliphatic imine (C=N–C) groups is 1. The first-order valence-corrected chi connectivity index (χ1v) is 9.52. The van der Waals surface area contributed by atoms with Gasteiger partial charge in [-0.15, -0.1) is 0 Å². The van der Waals surface area contributed by atoms with Crippen LogP contribution in [0, 0.1) is 5.92 Å². The minimum absolute atomic E-state index is 0.250. The maximum absolute atomic E-state index is 11.7. The number of carbonyl (C=O) groups is 1. The zero-order chi connectivity index (χ0) is 19.8. The highest BCUT2D eigenvalue weighted by Crippen LogP contribution is 2.35. The van der Waals surface area contributed by atoms with Gasteiger partial charge < -0.3 is 14.8 Å². The second-order valence-corrected chi connectivity index (χ2v) is 6.67. The maximum atomic E-state index is 11.7. The highest BCUT2D eigenvalue weighted by molar-refractivity contribution is 6.06. The summed E-state index contributed by atoms with van der Waals surface area (Å²) in [5, 5.41) is 2.69. The van der Waals surface area contributed by atoms with Gasteiger partial charge in [-0.05, 0) is 42.2 Å². The molecule has 1 N–H and O–H groups in total. The van der Waals surface area contributed by atoms with Crippen LogP contribution in [0.2, 0.25) is 0 Å². The van der Waals surface area contributed by atoms with E-state index < -0.39 is 6.09 Å². The number of alkyl carbamates (subject to hydrolysis) is 1. The lowest BCUT2D eigenvalue weighted by atomic mass is 9.99. The van der Waals surface area contributed by atoms with Gasteiger partial charge in [0.05, 0.1) is 6.54 Å². The molecule has 0 unspecified atom stereocenters. The Morgan fingerprint density at radius 1 is 1.25 bits per heavy atom. The number of hydrogen-bond donors (Lipinski definition) is 1.